The fraction of sp³-hybridized carbons (Fsp3) is 0. The van der Waals surface area contributed by atoms with Crippen LogP contribution in [0.4, 0.5) is 0 Å². The summed E-state index contributed by atoms with van der Waals surface area (Å²) in [6, 6.07) is 0. The molecule has 66 valence electrons. The molecular formula is C2H3BN2O5S2. The molecule has 0 unspecified atom stereocenters. The molecule has 0 saturated carbocycles. The maximum atomic E-state index is 9.30. The van der Waals surface area contributed by atoms with Crippen molar-refractivity contribution in [2.45, 2.75) is 0 Å². The third kappa shape index (κ3) is 34.2. The van der Waals surface area contributed by atoms with E-state index in [9.17, 15) is 9.59 Å². The summed E-state index contributed by atoms with van der Waals surface area (Å²) in [5.74, 6) is 0. The molecule has 7 nitrogen and oxygen atoms in total. The minimum Gasteiger partial charge on any atom is -0.402 e. The van der Waals surface area contributed by atoms with Crippen LogP contribution in [0.3, 0.4) is 0 Å². The summed E-state index contributed by atoms with van der Waals surface area (Å²) < 4.78 is 6.02. The Labute approximate surface area is 75.5 Å². The van der Waals surface area contributed by atoms with Crippen molar-refractivity contribution in [3.05, 3.63) is 0 Å². The Hall–Kier alpha value is -0.595. The number of rotatable bonds is 3. The summed E-state index contributed by atoms with van der Waals surface area (Å²) in [7, 11) is -0.633. The van der Waals surface area contributed by atoms with Crippen LogP contribution >= 0.6 is 22.0 Å². The molecule has 0 aromatic heterocycles. The van der Waals surface area contributed by atoms with Crippen molar-refractivity contribution in [3.8, 4) is 0 Å². The smallest absolute Gasteiger partial charge is 0.402 e. The monoisotopic (exact) mass is 210 g/mol. The van der Waals surface area contributed by atoms with Crippen molar-refractivity contribution < 1.29 is 24.7 Å². The molecule has 0 aliphatic carbocycles. The number of nitrogens with zero attached hydrogens (tertiary/aromatic N) is 2. The van der Waals surface area contributed by atoms with Crippen LogP contribution in [-0.4, -0.2) is 34.6 Å². The lowest BCUT2D eigenvalue weighted by Crippen LogP contribution is -2.07. The molecule has 12 heavy (non-hydrogen) atoms. The van der Waals surface area contributed by atoms with Gasteiger partial charge in [0.1, 0.15) is 0 Å². The largest absolute Gasteiger partial charge is 0.631 e. The van der Waals surface area contributed by atoms with E-state index in [1.165, 1.54) is 12.2 Å². The second kappa shape index (κ2) is 13.0. The number of isocyanates is 2. The van der Waals surface area contributed by atoms with Crippen LogP contribution in [0.25, 0.3) is 0 Å². The Bertz CT molecular complexity index is 167. The van der Waals surface area contributed by atoms with E-state index in [1.54, 1.807) is 0 Å². The van der Waals surface area contributed by atoms with Gasteiger partial charge in [-0.2, -0.15) is 0 Å². The van der Waals surface area contributed by atoms with Gasteiger partial charge < -0.3 is 15.1 Å². The highest BCUT2D eigenvalue weighted by Crippen LogP contribution is 2.21. The Morgan fingerprint density at radius 1 is 1.00 bits per heavy atom. The van der Waals surface area contributed by atoms with Gasteiger partial charge in [0.2, 0.25) is 12.2 Å². The highest BCUT2D eigenvalue weighted by atomic mass is 33.1. The van der Waals surface area contributed by atoms with Crippen LogP contribution in [0.15, 0.2) is 8.80 Å². The fourth-order valence-electron chi connectivity index (χ4n) is 0.0638. The van der Waals surface area contributed by atoms with Crippen molar-refractivity contribution in [2.75, 3.05) is 0 Å². The summed E-state index contributed by atoms with van der Waals surface area (Å²) >= 11 is 0. The molecular weight excluding hydrogens is 207 g/mol. The van der Waals surface area contributed by atoms with Crippen molar-refractivity contribution in [2.24, 2.45) is 8.80 Å². The van der Waals surface area contributed by atoms with Gasteiger partial charge >= 0.3 is 7.32 Å². The van der Waals surface area contributed by atoms with Gasteiger partial charge in [-0.25, -0.2) is 9.59 Å². The van der Waals surface area contributed by atoms with E-state index >= 15 is 0 Å². The summed E-state index contributed by atoms with van der Waals surface area (Å²) in [6.45, 7) is 0. The Balaban J connectivity index is 0. The minimum atomic E-state index is -2.17. The maximum Gasteiger partial charge on any atom is 0.631 e. The topological polar surface area (TPSA) is 120 Å². The summed E-state index contributed by atoms with van der Waals surface area (Å²) in [5, 5.41) is 21.5. The second-order valence-electron chi connectivity index (χ2n) is 0.861. The minimum absolute atomic E-state index is 0.767. The Kier molecular flexibility index (Phi) is 15.2. The van der Waals surface area contributed by atoms with E-state index in [-0.39, 0.29) is 0 Å². The lowest BCUT2D eigenvalue weighted by Gasteiger charge is -1.70. The molecule has 3 N–H and O–H groups in total. The predicted octanol–water partition coefficient (Wildman–Crippen LogP) is -1.18. The third-order valence-electron chi connectivity index (χ3n) is 0.182. The van der Waals surface area contributed by atoms with Crippen molar-refractivity contribution in [1.82, 2.24) is 0 Å². The Morgan fingerprint density at radius 2 is 1.25 bits per heavy atom. The van der Waals surface area contributed by atoms with Crippen LogP contribution in [0, 0.1) is 0 Å². The first-order valence-electron chi connectivity index (χ1n) is 2.16. The standard InChI is InChI=1S/C2N2O2S2.BH3O3/c5-1-3-7-8-4-2-6;2-1(3)4/h;2-4H. The van der Waals surface area contributed by atoms with E-state index in [4.69, 9.17) is 15.1 Å². The normalized spacial score (nSPS) is 6.58. The van der Waals surface area contributed by atoms with E-state index in [1.807, 2.05) is 0 Å². The lowest BCUT2D eigenvalue weighted by molar-refractivity contribution is 0.278. The molecule has 0 fully saturated rings. The average molecular weight is 210 g/mol. The van der Waals surface area contributed by atoms with Crippen LogP contribution < -0.4 is 0 Å². The molecule has 0 heterocycles. The molecule has 0 aliphatic heterocycles. The highest BCUT2D eigenvalue weighted by molar-refractivity contribution is 8.75. The van der Waals surface area contributed by atoms with Gasteiger partial charge in [0.25, 0.3) is 0 Å². The van der Waals surface area contributed by atoms with Crippen molar-refractivity contribution >= 4 is 41.4 Å². The molecule has 0 radical (unpaired) electrons. The van der Waals surface area contributed by atoms with Gasteiger partial charge in [0, 0.05) is 0 Å². The van der Waals surface area contributed by atoms with Gasteiger partial charge in [-0.3, -0.25) is 0 Å². The summed E-state index contributed by atoms with van der Waals surface area (Å²) in [4.78, 5) is 18.6. The second-order valence-corrected chi connectivity index (χ2v) is 2.42. The highest BCUT2D eigenvalue weighted by Gasteiger charge is 1.92. The van der Waals surface area contributed by atoms with Crippen molar-refractivity contribution in [3.63, 3.8) is 0 Å². The molecule has 0 bridgehead atoms. The van der Waals surface area contributed by atoms with Crippen LogP contribution in [0.1, 0.15) is 0 Å². The number of carbonyl (C=O) groups excluding carboxylic acids is 2. The first-order chi connectivity index (χ1) is 5.65. The maximum absolute atomic E-state index is 9.30. The Morgan fingerprint density at radius 3 is 1.42 bits per heavy atom. The molecule has 0 aromatic rings. The first kappa shape index (κ1) is 14.0. The van der Waals surface area contributed by atoms with Gasteiger partial charge in [0.15, 0.2) is 0 Å². The fourth-order valence-corrected chi connectivity index (χ4v) is 0.574. The lowest BCUT2D eigenvalue weighted by atomic mass is 10.3. The molecule has 10 heteroatoms. The van der Waals surface area contributed by atoms with Crippen molar-refractivity contribution in [1.29, 1.82) is 0 Å². The van der Waals surface area contributed by atoms with Gasteiger partial charge in [-0.1, -0.05) is 0 Å². The summed E-state index contributed by atoms with van der Waals surface area (Å²) in [5.41, 5.74) is 0. The van der Waals surface area contributed by atoms with Gasteiger partial charge in [-0.15, -0.1) is 8.80 Å². The number of hydrogen-bond donors (Lipinski definition) is 3. The zero-order valence-electron chi connectivity index (χ0n) is 5.45. The molecule has 0 aromatic carbocycles. The van der Waals surface area contributed by atoms with Gasteiger partial charge in [0.05, 0.1) is 22.0 Å². The van der Waals surface area contributed by atoms with E-state index < -0.39 is 7.32 Å². The number of hydrogen-bond acceptors (Lipinski definition) is 9. The van der Waals surface area contributed by atoms with Crippen LogP contribution in [-0.2, 0) is 9.59 Å². The molecule has 0 rings (SSSR count). The van der Waals surface area contributed by atoms with Crippen LogP contribution in [0.5, 0.6) is 0 Å². The molecule has 0 amide bonds. The third-order valence-corrected chi connectivity index (χ3v) is 1.19. The van der Waals surface area contributed by atoms with E-state index in [0.29, 0.717) is 0 Å². The summed E-state index contributed by atoms with van der Waals surface area (Å²) in [6.07, 6.45) is 2.51. The van der Waals surface area contributed by atoms with Crippen LogP contribution in [0.2, 0.25) is 0 Å². The molecule has 0 aliphatic rings. The molecule has 0 spiro atoms. The zero-order chi connectivity index (χ0) is 9.82. The van der Waals surface area contributed by atoms with E-state index in [2.05, 4.69) is 8.80 Å². The molecule has 0 saturated heterocycles. The van der Waals surface area contributed by atoms with E-state index in [0.717, 1.165) is 22.0 Å². The zero-order valence-corrected chi connectivity index (χ0v) is 7.08. The first-order valence-corrected chi connectivity index (χ1v) is 4.23. The van der Waals surface area contributed by atoms with Gasteiger partial charge in [-0.05, 0) is 0 Å². The molecule has 0 atom stereocenters. The predicted molar refractivity (Wildman–Crippen MR) is 43.8 cm³/mol. The average Bonchev–Trinajstić information content (AvgIpc) is 1.97. The SMILES string of the molecule is O=C=NSSN=C=O.OB(O)O. The quantitative estimate of drug-likeness (QED) is 0.134.